The summed E-state index contributed by atoms with van der Waals surface area (Å²) in [6.07, 6.45) is 34.6. The number of aromatic nitrogens is 12. The molecule has 1 amide bonds. The van der Waals surface area contributed by atoms with Gasteiger partial charge in [0.2, 0.25) is 23.7 Å². The van der Waals surface area contributed by atoms with E-state index in [1.165, 1.54) is 5.56 Å². The molecule has 0 unspecified atom stereocenters. The topological polar surface area (TPSA) is 317 Å². The number of piperidine rings is 2. The van der Waals surface area contributed by atoms with E-state index in [-0.39, 0.29) is 30.4 Å². The summed E-state index contributed by atoms with van der Waals surface area (Å²) >= 11 is 0. The number of ether oxygens (including phenoxy) is 7. The summed E-state index contributed by atoms with van der Waals surface area (Å²) in [5, 5.41) is 13.7. The largest absolute Gasteiger partial charge is 0.488 e. The van der Waals surface area contributed by atoms with Gasteiger partial charge in [-0.3, -0.25) is 24.7 Å². The molecule has 111 heavy (non-hydrogen) atoms. The monoisotopic (exact) mass is 1520 g/mol. The van der Waals surface area contributed by atoms with E-state index < -0.39 is 17.0 Å². The van der Waals surface area contributed by atoms with Crippen LogP contribution in [0.5, 0.6) is 17.2 Å². The first kappa shape index (κ1) is 76.3. The van der Waals surface area contributed by atoms with Crippen molar-refractivity contribution in [2.45, 2.75) is 177 Å². The number of hydrogen-bond acceptors (Lipinski definition) is 27. The Morgan fingerprint density at radius 1 is 0.441 bits per heavy atom. The van der Waals surface area contributed by atoms with Gasteiger partial charge in [0, 0.05) is 168 Å². The van der Waals surface area contributed by atoms with Crippen LogP contribution < -0.4 is 55.7 Å². The van der Waals surface area contributed by atoms with Crippen LogP contribution in [-0.4, -0.2) is 218 Å². The van der Waals surface area contributed by atoms with Gasteiger partial charge in [0.15, 0.2) is 0 Å². The number of nitrogens with zero attached hydrogens (tertiary/aromatic N) is 15. The molecular weight excluding hydrogens is 1420 g/mol. The third-order valence-electron chi connectivity index (χ3n) is 22.1. The fraction of sp³-hybridized carbons (Fsp3) is 0.543. The number of H-pyrrole nitrogens is 1. The van der Waals surface area contributed by atoms with Crippen LogP contribution in [0.1, 0.15) is 146 Å². The number of likely N-dealkylation sites (tertiary alicyclic amines) is 1. The molecule has 17 rings (SSSR count). The zero-order valence-electron chi connectivity index (χ0n) is 63.8. The van der Waals surface area contributed by atoms with Gasteiger partial charge in [-0.2, -0.15) is 4.39 Å². The number of aromatic amines is 1. The van der Waals surface area contributed by atoms with E-state index in [0.717, 1.165) is 267 Å². The predicted molar refractivity (Wildman–Crippen MR) is 422 cm³/mol. The van der Waals surface area contributed by atoms with Crippen molar-refractivity contribution in [2.75, 3.05) is 136 Å². The zero-order valence-corrected chi connectivity index (χ0v) is 63.8. The minimum Gasteiger partial charge on any atom is -0.488 e. The third kappa shape index (κ3) is 20.4. The van der Waals surface area contributed by atoms with Gasteiger partial charge in [-0.05, 0) is 178 Å². The highest BCUT2D eigenvalue weighted by Crippen LogP contribution is 2.38. The van der Waals surface area contributed by atoms with Gasteiger partial charge < -0.3 is 74.0 Å². The van der Waals surface area contributed by atoms with Crippen LogP contribution in [-0.2, 0) is 18.9 Å². The molecular formula is C81H103FN20O9. The Morgan fingerprint density at radius 3 is 1.17 bits per heavy atom. The maximum absolute atomic E-state index is 13.1. The molecule has 9 aromatic rings. The Kier molecular flexibility index (Phi) is 25.0. The van der Waals surface area contributed by atoms with Crippen LogP contribution in [0.15, 0.2) is 109 Å². The number of fused-ring (bicyclic) bond motifs is 3. The number of rotatable bonds is 17. The Bertz CT molecular complexity index is 4570. The molecule has 29 nitrogen and oxygen atoms in total. The van der Waals surface area contributed by atoms with Crippen LogP contribution in [0, 0.1) is 5.82 Å². The highest BCUT2D eigenvalue weighted by Gasteiger charge is 2.32. The number of benzene rings is 3. The number of morpholine rings is 3. The van der Waals surface area contributed by atoms with Crippen LogP contribution in [0.25, 0.3) is 33.1 Å². The van der Waals surface area contributed by atoms with Crippen molar-refractivity contribution in [1.82, 2.24) is 70.0 Å². The Hall–Kier alpha value is -10.0. The SMILES string of the molecule is CC(C)(C)OC(=O)N1CCC(c2cnc(NC3CCC(Oc4cc(N5CCOCC5)cc5nccnc45)CC3)nc2)CC1.O=c1[nH]c(NC2CCC(Oc3cc(N4CCOCC4)cc4nccnc34)CC2)ncc1F.c1cnc2c(OC3CCC(Nc4ncc(C5CCNCC5)cn4)CC3)cc(N3CCOCC3)cc2n1. The average molecular weight is 1520 g/mol. The lowest BCUT2D eigenvalue weighted by Crippen LogP contribution is -2.41. The van der Waals surface area contributed by atoms with E-state index in [2.05, 4.69) is 132 Å². The lowest BCUT2D eigenvalue weighted by atomic mass is 9.91. The van der Waals surface area contributed by atoms with Crippen LogP contribution in [0.2, 0.25) is 0 Å². The second kappa shape index (κ2) is 36.4. The lowest BCUT2D eigenvalue weighted by molar-refractivity contribution is 0.0204. The van der Waals surface area contributed by atoms with Gasteiger partial charge in [-0.1, -0.05) is 0 Å². The van der Waals surface area contributed by atoms with Crippen molar-refractivity contribution in [2.24, 2.45) is 0 Å². The standard InChI is InChI=1S/C32H43N7O4.C27H35N7O2.C22H25FN6O3/c1-32(2,3)43-31(40)39-12-8-22(9-13-39)23-20-35-30(36-21-23)37-24-4-6-26(7-5-24)42-28-19-25(38-14-16-41-17-15-38)18-27-29(28)34-11-10-33-27;1-3-23(4-2-21(1)33-27-31-17-20(18-32-27)19-5-7-28-8-6-19)36-25-16-22(34-11-13-35-14-12-34)15-24-26(25)30-10-9-29-24;23-17-13-26-22(28-21(17)30)27-14-1-3-16(4-2-14)32-19-12-15(29-7-9-31-10-8-29)11-18-20(19)25-6-5-24-18/h10-11,18-22,24,26H,4-9,12-17H2,1-3H3,(H,35,36,37);9-10,15-19,21,23,28H,1-8,11-14H2,(H,31,32,33);5-6,11-14,16H,1-4,7-10H2,(H2,26,27,28,30). The molecule has 5 saturated heterocycles. The molecule has 588 valence electrons. The Morgan fingerprint density at radius 2 is 0.802 bits per heavy atom. The second-order valence-corrected chi connectivity index (χ2v) is 31.0. The minimum atomic E-state index is -0.887. The number of anilines is 6. The predicted octanol–water partition coefficient (Wildman–Crippen LogP) is 11.2. The van der Waals surface area contributed by atoms with E-state index in [4.69, 9.17) is 33.2 Å². The van der Waals surface area contributed by atoms with E-state index in [0.29, 0.717) is 62.1 Å². The molecule has 8 aliphatic rings. The van der Waals surface area contributed by atoms with Crippen molar-refractivity contribution >= 4 is 74.1 Å². The highest BCUT2D eigenvalue weighted by atomic mass is 19.1. The van der Waals surface area contributed by atoms with Crippen molar-refractivity contribution in [3.05, 3.63) is 132 Å². The number of amides is 1. The van der Waals surface area contributed by atoms with Crippen molar-refractivity contribution in [3.8, 4) is 17.2 Å². The smallest absolute Gasteiger partial charge is 0.410 e. The van der Waals surface area contributed by atoms with Gasteiger partial charge >= 0.3 is 6.09 Å². The highest BCUT2D eigenvalue weighted by molar-refractivity contribution is 5.87. The number of halogens is 1. The zero-order chi connectivity index (χ0) is 75.9. The van der Waals surface area contributed by atoms with E-state index >= 15 is 0 Å². The van der Waals surface area contributed by atoms with Crippen molar-refractivity contribution in [1.29, 1.82) is 0 Å². The van der Waals surface area contributed by atoms with Gasteiger partial charge in [0.25, 0.3) is 5.56 Å². The summed E-state index contributed by atoms with van der Waals surface area (Å²) in [6, 6.07) is 13.4. The van der Waals surface area contributed by atoms with Crippen molar-refractivity contribution in [3.63, 3.8) is 0 Å². The summed E-state index contributed by atoms with van der Waals surface area (Å²) in [6.45, 7) is 18.7. The van der Waals surface area contributed by atoms with E-state index in [1.807, 2.05) is 45.6 Å². The van der Waals surface area contributed by atoms with Gasteiger partial charge in [0.1, 0.15) is 39.4 Å². The Labute approximate surface area is 645 Å². The normalized spacial score (nSPS) is 22.3. The van der Waals surface area contributed by atoms with Gasteiger partial charge in [-0.25, -0.2) is 44.7 Å². The molecule has 3 aliphatic carbocycles. The van der Waals surface area contributed by atoms with Crippen LogP contribution >= 0.6 is 0 Å². The van der Waals surface area contributed by atoms with E-state index in [1.54, 1.807) is 42.1 Å². The molecule has 0 bridgehead atoms. The molecule has 5 aliphatic heterocycles. The van der Waals surface area contributed by atoms with Gasteiger partial charge in [-0.15, -0.1) is 0 Å². The second-order valence-electron chi connectivity index (χ2n) is 31.0. The first-order valence-corrected chi connectivity index (χ1v) is 39.9. The average Bonchev–Trinajstić information content (AvgIpc) is 0.802. The number of carbonyl (C=O) groups excluding carboxylic acids is 1. The molecule has 0 radical (unpaired) electrons. The molecule has 0 atom stereocenters. The molecule has 3 saturated carbocycles. The first-order valence-electron chi connectivity index (χ1n) is 39.9. The quantitative estimate of drug-likeness (QED) is 0.0565. The Balaban J connectivity index is 0.000000133. The summed E-state index contributed by atoms with van der Waals surface area (Å²) in [5.41, 5.74) is 9.38. The fourth-order valence-corrected chi connectivity index (χ4v) is 16.0. The van der Waals surface area contributed by atoms with Gasteiger partial charge in [0.05, 0.1) is 80.7 Å². The van der Waals surface area contributed by atoms with Crippen LogP contribution in [0.4, 0.5) is 44.1 Å². The number of hydrogen-bond donors (Lipinski definition) is 5. The van der Waals surface area contributed by atoms with Crippen LogP contribution in [0.3, 0.4) is 0 Å². The molecule has 30 heteroatoms. The molecule has 5 N–H and O–H groups in total. The lowest BCUT2D eigenvalue weighted by Gasteiger charge is -2.33. The number of carbonyl (C=O) groups is 1. The summed E-state index contributed by atoms with van der Waals surface area (Å²) < 4.78 is 54.7. The maximum atomic E-state index is 13.1. The maximum Gasteiger partial charge on any atom is 0.410 e. The summed E-state index contributed by atoms with van der Waals surface area (Å²) in [4.78, 5) is 84.7. The third-order valence-corrected chi connectivity index (χ3v) is 22.1. The first-order chi connectivity index (χ1) is 54.3. The van der Waals surface area contributed by atoms with E-state index in [9.17, 15) is 14.0 Å². The number of nitrogens with one attached hydrogen (secondary N) is 5. The van der Waals surface area contributed by atoms with Crippen molar-refractivity contribution < 1.29 is 42.3 Å². The molecule has 11 heterocycles. The molecule has 8 fully saturated rings. The summed E-state index contributed by atoms with van der Waals surface area (Å²) in [5.74, 6) is 4.11. The molecule has 3 aromatic carbocycles. The minimum absolute atomic E-state index is 0.0541. The molecule has 6 aromatic heterocycles. The molecule has 0 spiro atoms. The summed E-state index contributed by atoms with van der Waals surface area (Å²) in [7, 11) is 0. The fourth-order valence-electron chi connectivity index (χ4n) is 16.0.